The van der Waals surface area contributed by atoms with Crippen LogP contribution in [0.15, 0.2) is 12.2 Å². The number of aliphatic hydroxyl groups excluding tert-OH is 1. The molecule has 0 saturated heterocycles. The number of esters is 1. The number of hydrogen-bond acceptors (Lipinski definition) is 4. The lowest BCUT2D eigenvalue weighted by Gasteiger charge is -1.99. The minimum Gasteiger partial charge on any atom is -0.463 e. The van der Waals surface area contributed by atoms with Crippen LogP contribution in [0, 0.1) is 0 Å². The van der Waals surface area contributed by atoms with Gasteiger partial charge in [-0.25, -0.2) is 4.79 Å². The largest absolute Gasteiger partial charge is 0.463 e. The molecule has 0 rings (SSSR count). The van der Waals surface area contributed by atoms with Crippen molar-refractivity contribution in [2.75, 3.05) is 6.61 Å². The third-order valence-corrected chi connectivity index (χ3v) is 1.50. The summed E-state index contributed by atoms with van der Waals surface area (Å²) >= 11 is 0. The number of ether oxygens (including phenoxy) is 1. The molecule has 0 aromatic rings. The third-order valence-electron chi connectivity index (χ3n) is 1.50. The van der Waals surface area contributed by atoms with Crippen molar-refractivity contribution in [2.24, 2.45) is 0 Å². The molecule has 0 amide bonds. The Morgan fingerprint density at radius 3 is 2.57 bits per heavy atom. The van der Waals surface area contributed by atoms with E-state index in [0.717, 1.165) is 6.08 Å². The maximum Gasteiger partial charge on any atom is 0.330 e. The first-order valence-electron chi connectivity index (χ1n) is 4.62. The molecule has 0 saturated carbocycles. The minimum absolute atomic E-state index is 0.182. The Morgan fingerprint density at radius 2 is 2.07 bits per heavy atom. The monoisotopic (exact) mass is 200 g/mol. The molecule has 1 N–H and O–H groups in total. The highest BCUT2D eigenvalue weighted by Gasteiger charge is 2.02. The predicted molar refractivity (Wildman–Crippen MR) is 51.7 cm³/mol. The van der Waals surface area contributed by atoms with Gasteiger partial charge in [0.2, 0.25) is 0 Å². The van der Waals surface area contributed by atoms with Gasteiger partial charge in [-0.05, 0) is 26.3 Å². The lowest BCUT2D eigenvalue weighted by atomic mass is 10.1. The Hall–Kier alpha value is -1.16. The van der Waals surface area contributed by atoms with Gasteiger partial charge in [-0.2, -0.15) is 0 Å². The zero-order chi connectivity index (χ0) is 11.0. The Balaban J connectivity index is 3.76. The van der Waals surface area contributed by atoms with Gasteiger partial charge in [0.15, 0.2) is 5.78 Å². The van der Waals surface area contributed by atoms with Crippen LogP contribution in [0.25, 0.3) is 0 Å². The van der Waals surface area contributed by atoms with E-state index in [-0.39, 0.29) is 12.2 Å². The van der Waals surface area contributed by atoms with Crippen molar-refractivity contribution in [3.8, 4) is 0 Å². The number of carbonyl (C=O) groups is 2. The Morgan fingerprint density at radius 1 is 1.43 bits per heavy atom. The van der Waals surface area contributed by atoms with Crippen LogP contribution in [0.4, 0.5) is 0 Å². The van der Waals surface area contributed by atoms with E-state index in [1.807, 2.05) is 0 Å². The first kappa shape index (κ1) is 12.8. The van der Waals surface area contributed by atoms with Crippen LogP contribution >= 0.6 is 0 Å². The van der Waals surface area contributed by atoms with E-state index in [4.69, 9.17) is 5.11 Å². The second-order valence-electron chi connectivity index (χ2n) is 2.94. The van der Waals surface area contributed by atoms with E-state index in [9.17, 15) is 9.59 Å². The first-order chi connectivity index (χ1) is 6.56. The molecule has 0 bridgehead atoms. The fourth-order valence-corrected chi connectivity index (χ4v) is 0.786. The maximum absolute atomic E-state index is 11.1. The van der Waals surface area contributed by atoms with Crippen molar-refractivity contribution in [3.63, 3.8) is 0 Å². The van der Waals surface area contributed by atoms with Crippen LogP contribution in [0.2, 0.25) is 0 Å². The van der Waals surface area contributed by atoms with Gasteiger partial charge in [0.1, 0.15) is 0 Å². The average molecular weight is 200 g/mol. The summed E-state index contributed by atoms with van der Waals surface area (Å²) in [5.74, 6) is -0.697. The summed E-state index contributed by atoms with van der Waals surface area (Å²) in [7, 11) is 0. The third kappa shape index (κ3) is 7.49. The molecule has 80 valence electrons. The second-order valence-corrected chi connectivity index (χ2v) is 2.94. The van der Waals surface area contributed by atoms with Gasteiger partial charge in [-0.15, -0.1) is 0 Å². The van der Waals surface area contributed by atoms with Crippen molar-refractivity contribution < 1.29 is 19.4 Å². The van der Waals surface area contributed by atoms with Crippen LogP contribution < -0.4 is 0 Å². The number of aliphatic hydroxyl groups is 1. The van der Waals surface area contributed by atoms with E-state index in [2.05, 4.69) is 4.74 Å². The molecular formula is C10H16O4. The fraction of sp³-hybridized carbons (Fsp3) is 0.600. The highest BCUT2D eigenvalue weighted by Crippen LogP contribution is 1.97. The van der Waals surface area contributed by atoms with Gasteiger partial charge in [0.25, 0.3) is 0 Å². The van der Waals surface area contributed by atoms with Crippen LogP contribution in [-0.2, 0) is 14.3 Å². The van der Waals surface area contributed by atoms with Crippen LogP contribution in [0.1, 0.15) is 26.7 Å². The van der Waals surface area contributed by atoms with Gasteiger partial charge >= 0.3 is 5.97 Å². The normalized spacial score (nSPS) is 12.8. The second kappa shape index (κ2) is 7.26. The molecule has 0 aliphatic carbocycles. The lowest BCUT2D eigenvalue weighted by Crippen LogP contribution is -2.05. The molecule has 4 heteroatoms. The summed E-state index contributed by atoms with van der Waals surface area (Å²) in [6.07, 6.45) is 2.45. The molecule has 0 fully saturated rings. The molecule has 0 aromatic heterocycles. The highest BCUT2D eigenvalue weighted by molar-refractivity contribution is 5.95. The number of hydrogen-bond donors (Lipinski definition) is 1. The summed E-state index contributed by atoms with van der Waals surface area (Å²) in [5, 5.41) is 8.89. The molecule has 4 nitrogen and oxygen atoms in total. The molecule has 0 aliphatic heterocycles. The van der Waals surface area contributed by atoms with Crippen LogP contribution in [-0.4, -0.2) is 29.6 Å². The molecule has 14 heavy (non-hydrogen) atoms. The van der Waals surface area contributed by atoms with Gasteiger partial charge in [-0.1, -0.05) is 0 Å². The first-order valence-corrected chi connectivity index (χ1v) is 4.62. The van der Waals surface area contributed by atoms with Gasteiger partial charge < -0.3 is 9.84 Å². The average Bonchev–Trinajstić information content (AvgIpc) is 2.12. The van der Waals surface area contributed by atoms with Crippen molar-refractivity contribution in [3.05, 3.63) is 12.2 Å². The van der Waals surface area contributed by atoms with Crippen molar-refractivity contribution in [1.29, 1.82) is 0 Å². The van der Waals surface area contributed by atoms with Crippen molar-refractivity contribution >= 4 is 11.8 Å². The molecular weight excluding hydrogens is 184 g/mol. The van der Waals surface area contributed by atoms with Crippen LogP contribution in [0.5, 0.6) is 0 Å². The molecule has 0 spiro atoms. The number of allylic oxidation sites excluding steroid dienone is 1. The van der Waals surface area contributed by atoms with Gasteiger partial charge in [0, 0.05) is 12.5 Å². The molecule has 0 unspecified atom stereocenters. The molecule has 0 aliphatic rings. The van der Waals surface area contributed by atoms with E-state index in [1.54, 1.807) is 13.8 Å². The Bertz CT molecular complexity index is 218. The summed E-state index contributed by atoms with van der Waals surface area (Å²) in [6.45, 7) is 3.61. The maximum atomic E-state index is 11.1. The van der Waals surface area contributed by atoms with E-state index < -0.39 is 12.1 Å². The summed E-state index contributed by atoms with van der Waals surface area (Å²) in [6, 6.07) is 0. The summed E-state index contributed by atoms with van der Waals surface area (Å²) < 4.78 is 4.59. The predicted octanol–water partition coefficient (Wildman–Crippen LogP) is 0.836. The molecule has 0 aromatic carbocycles. The molecule has 0 radical (unpaired) electrons. The van der Waals surface area contributed by atoms with E-state index in [1.165, 1.54) is 6.08 Å². The SMILES string of the molecule is CCOC(=O)/C=C/C(=O)CC[C@@H](C)O. The molecule has 0 heterocycles. The highest BCUT2D eigenvalue weighted by atomic mass is 16.5. The topological polar surface area (TPSA) is 63.6 Å². The van der Waals surface area contributed by atoms with Gasteiger partial charge in [0.05, 0.1) is 12.7 Å². The number of ketones is 1. The van der Waals surface area contributed by atoms with Gasteiger partial charge in [-0.3, -0.25) is 4.79 Å². The fourth-order valence-electron chi connectivity index (χ4n) is 0.786. The number of rotatable bonds is 6. The Labute approximate surface area is 83.6 Å². The zero-order valence-electron chi connectivity index (χ0n) is 8.53. The van der Waals surface area contributed by atoms with E-state index >= 15 is 0 Å². The molecule has 1 atom stereocenters. The zero-order valence-corrected chi connectivity index (χ0v) is 8.53. The van der Waals surface area contributed by atoms with Crippen molar-refractivity contribution in [2.45, 2.75) is 32.8 Å². The van der Waals surface area contributed by atoms with Crippen molar-refractivity contribution in [1.82, 2.24) is 0 Å². The Kier molecular flexibility index (Phi) is 6.66. The quantitative estimate of drug-likeness (QED) is 0.509. The van der Waals surface area contributed by atoms with Crippen LogP contribution in [0.3, 0.4) is 0 Å². The number of carbonyl (C=O) groups excluding carboxylic acids is 2. The summed E-state index contributed by atoms with van der Waals surface area (Å²) in [5.41, 5.74) is 0. The smallest absolute Gasteiger partial charge is 0.330 e. The van der Waals surface area contributed by atoms with E-state index in [0.29, 0.717) is 13.0 Å². The minimum atomic E-state index is -0.516. The summed E-state index contributed by atoms with van der Waals surface area (Å²) in [4.78, 5) is 21.8. The standard InChI is InChI=1S/C10H16O4/c1-3-14-10(13)7-6-9(12)5-4-8(2)11/h6-8,11H,3-5H2,1-2H3/b7-6+/t8-/m1/s1. The lowest BCUT2D eigenvalue weighted by molar-refractivity contribution is -0.137.